The predicted molar refractivity (Wildman–Crippen MR) is 72.3 cm³/mol. The summed E-state index contributed by atoms with van der Waals surface area (Å²) in [5, 5.41) is 0. The van der Waals surface area contributed by atoms with Gasteiger partial charge in [-0.15, -0.1) is 0 Å². The van der Waals surface area contributed by atoms with Gasteiger partial charge in [0, 0.05) is 19.2 Å². The summed E-state index contributed by atoms with van der Waals surface area (Å²) in [5.41, 5.74) is 0.671. The van der Waals surface area contributed by atoms with E-state index in [0.29, 0.717) is 35.0 Å². The lowest BCUT2D eigenvalue weighted by atomic mass is 10.2. The molecule has 2 rings (SSSR count). The molecule has 1 saturated heterocycles. The number of methoxy groups -OCH3 is 2. The highest BCUT2D eigenvalue weighted by atomic mass is 32.2. The minimum atomic E-state index is -3.43. The summed E-state index contributed by atoms with van der Waals surface area (Å²) in [6, 6.07) is 3.24. The SMILES string of the molecule is COc1cc(C)c(S(=O)(=O)N2CCCC2)cc1OC. The first-order valence-electron chi connectivity index (χ1n) is 6.23. The molecule has 0 atom stereocenters. The predicted octanol–water partition coefficient (Wildman–Crippen LogP) is 1.80. The van der Waals surface area contributed by atoms with Crippen molar-refractivity contribution in [3.63, 3.8) is 0 Å². The Labute approximate surface area is 114 Å². The van der Waals surface area contributed by atoms with Gasteiger partial charge in [0.2, 0.25) is 10.0 Å². The summed E-state index contributed by atoms with van der Waals surface area (Å²) in [5.74, 6) is 0.978. The largest absolute Gasteiger partial charge is 0.493 e. The molecule has 0 aliphatic carbocycles. The Morgan fingerprint density at radius 1 is 1.05 bits per heavy atom. The normalized spacial score (nSPS) is 16.6. The summed E-state index contributed by atoms with van der Waals surface area (Å²) < 4.78 is 37.0. The molecule has 106 valence electrons. The molecule has 0 aromatic heterocycles. The molecule has 0 radical (unpaired) electrons. The molecule has 0 unspecified atom stereocenters. The molecule has 1 aliphatic rings. The first-order valence-corrected chi connectivity index (χ1v) is 7.67. The fourth-order valence-electron chi connectivity index (χ4n) is 2.31. The lowest BCUT2D eigenvalue weighted by molar-refractivity contribution is 0.353. The van der Waals surface area contributed by atoms with Crippen molar-refractivity contribution in [3.8, 4) is 11.5 Å². The quantitative estimate of drug-likeness (QED) is 0.846. The molecule has 1 aliphatic heterocycles. The van der Waals surface area contributed by atoms with Crippen molar-refractivity contribution >= 4 is 10.0 Å². The first kappa shape index (κ1) is 14.1. The van der Waals surface area contributed by atoms with Gasteiger partial charge in [-0.05, 0) is 31.4 Å². The van der Waals surface area contributed by atoms with Gasteiger partial charge in [0.25, 0.3) is 0 Å². The van der Waals surface area contributed by atoms with E-state index < -0.39 is 10.0 Å². The van der Waals surface area contributed by atoms with Crippen LogP contribution in [0.15, 0.2) is 17.0 Å². The van der Waals surface area contributed by atoms with Crippen LogP contribution in [0.25, 0.3) is 0 Å². The van der Waals surface area contributed by atoms with Crippen molar-refractivity contribution < 1.29 is 17.9 Å². The monoisotopic (exact) mass is 285 g/mol. The minimum absolute atomic E-state index is 0.298. The molecule has 19 heavy (non-hydrogen) atoms. The lowest BCUT2D eigenvalue weighted by Gasteiger charge is -2.18. The number of sulfonamides is 1. The number of hydrogen-bond acceptors (Lipinski definition) is 4. The zero-order chi connectivity index (χ0) is 14.0. The van der Waals surface area contributed by atoms with E-state index in [1.54, 1.807) is 19.1 Å². The van der Waals surface area contributed by atoms with Crippen molar-refractivity contribution in [2.24, 2.45) is 0 Å². The van der Waals surface area contributed by atoms with E-state index in [-0.39, 0.29) is 0 Å². The first-order chi connectivity index (χ1) is 9.00. The number of nitrogens with zero attached hydrogens (tertiary/aromatic N) is 1. The number of ether oxygens (including phenoxy) is 2. The molecule has 0 saturated carbocycles. The Hall–Kier alpha value is -1.27. The third-order valence-corrected chi connectivity index (χ3v) is 5.40. The highest BCUT2D eigenvalue weighted by molar-refractivity contribution is 7.89. The summed E-state index contributed by atoms with van der Waals surface area (Å²) in [6.07, 6.45) is 1.84. The Morgan fingerprint density at radius 3 is 2.11 bits per heavy atom. The van der Waals surface area contributed by atoms with Crippen LogP contribution >= 0.6 is 0 Å². The van der Waals surface area contributed by atoms with Crippen LogP contribution in [0, 0.1) is 6.92 Å². The Balaban J connectivity index is 2.49. The molecule has 0 N–H and O–H groups in total. The number of benzene rings is 1. The molecule has 6 heteroatoms. The highest BCUT2D eigenvalue weighted by Gasteiger charge is 2.29. The standard InChI is InChI=1S/C13H19NO4S/c1-10-8-11(17-2)12(18-3)9-13(10)19(15,16)14-6-4-5-7-14/h8-9H,4-7H2,1-3H3. The fourth-order valence-corrected chi connectivity index (χ4v) is 4.05. The highest BCUT2D eigenvalue weighted by Crippen LogP contribution is 2.34. The van der Waals surface area contributed by atoms with Crippen molar-refractivity contribution in [1.82, 2.24) is 4.31 Å². The molecular weight excluding hydrogens is 266 g/mol. The van der Waals surface area contributed by atoms with Crippen LogP contribution in [-0.2, 0) is 10.0 Å². The molecule has 5 nitrogen and oxygen atoms in total. The zero-order valence-corrected chi connectivity index (χ0v) is 12.3. The summed E-state index contributed by atoms with van der Waals surface area (Å²) in [4.78, 5) is 0.298. The van der Waals surface area contributed by atoms with Crippen LogP contribution in [0.3, 0.4) is 0 Å². The molecule has 1 aromatic carbocycles. The molecule has 0 amide bonds. The maximum Gasteiger partial charge on any atom is 0.243 e. The van der Waals surface area contributed by atoms with Gasteiger partial charge in [0.05, 0.1) is 19.1 Å². The molecule has 1 heterocycles. The average molecular weight is 285 g/mol. The van der Waals surface area contributed by atoms with Gasteiger partial charge in [-0.3, -0.25) is 0 Å². The van der Waals surface area contributed by atoms with E-state index in [0.717, 1.165) is 12.8 Å². The third kappa shape index (κ3) is 2.55. The van der Waals surface area contributed by atoms with Gasteiger partial charge in [-0.1, -0.05) is 0 Å². The molecular formula is C13H19NO4S. The topological polar surface area (TPSA) is 55.8 Å². The second-order valence-electron chi connectivity index (χ2n) is 4.58. The summed E-state index contributed by atoms with van der Waals surface area (Å²) in [7, 11) is -0.396. The summed E-state index contributed by atoms with van der Waals surface area (Å²) >= 11 is 0. The second-order valence-corrected chi connectivity index (χ2v) is 6.49. The molecule has 0 bridgehead atoms. The van der Waals surface area contributed by atoms with Gasteiger partial charge in [0.15, 0.2) is 11.5 Å². The number of hydrogen-bond donors (Lipinski definition) is 0. The maximum absolute atomic E-state index is 12.6. The van der Waals surface area contributed by atoms with E-state index in [1.807, 2.05) is 0 Å². The van der Waals surface area contributed by atoms with Crippen molar-refractivity contribution in [3.05, 3.63) is 17.7 Å². The van der Waals surface area contributed by atoms with Gasteiger partial charge in [-0.2, -0.15) is 4.31 Å². The number of aryl methyl sites for hydroxylation is 1. The fraction of sp³-hybridized carbons (Fsp3) is 0.538. The third-order valence-electron chi connectivity index (χ3n) is 3.36. The van der Waals surface area contributed by atoms with Crippen LogP contribution in [0.5, 0.6) is 11.5 Å². The van der Waals surface area contributed by atoms with Crippen LogP contribution in [0.4, 0.5) is 0 Å². The Bertz CT molecular complexity index is 562. The van der Waals surface area contributed by atoms with Gasteiger partial charge < -0.3 is 9.47 Å². The average Bonchev–Trinajstić information content (AvgIpc) is 2.92. The van der Waals surface area contributed by atoms with Crippen LogP contribution in [-0.4, -0.2) is 40.0 Å². The van der Waals surface area contributed by atoms with Crippen LogP contribution in [0.1, 0.15) is 18.4 Å². The van der Waals surface area contributed by atoms with Gasteiger partial charge in [0.1, 0.15) is 0 Å². The van der Waals surface area contributed by atoms with Crippen molar-refractivity contribution in [2.45, 2.75) is 24.7 Å². The van der Waals surface area contributed by atoms with Crippen LogP contribution in [0.2, 0.25) is 0 Å². The van der Waals surface area contributed by atoms with E-state index in [4.69, 9.17) is 9.47 Å². The smallest absolute Gasteiger partial charge is 0.243 e. The number of rotatable bonds is 4. The molecule has 1 aromatic rings. The van der Waals surface area contributed by atoms with E-state index in [1.165, 1.54) is 18.5 Å². The van der Waals surface area contributed by atoms with Gasteiger partial charge >= 0.3 is 0 Å². The van der Waals surface area contributed by atoms with Crippen LogP contribution < -0.4 is 9.47 Å². The Morgan fingerprint density at radius 2 is 1.58 bits per heavy atom. The molecule has 1 fully saturated rings. The van der Waals surface area contributed by atoms with Crippen molar-refractivity contribution in [1.29, 1.82) is 0 Å². The zero-order valence-electron chi connectivity index (χ0n) is 11.5. The molecule has 0 spiro atoms. The van der Waals surface area contributed by atoms with Gasteiger partial charge in [-0.25, -0.2) is 8.42 Å². The Kier molecular flexibility index (Phi) is 4.01. The second kappa shape index (κ2) is 5.38. The van der Waals surface area contributed by atoms with E-state index in [9.17, 15) is 8.42 Å². The summed E-state index contributed by atoms with van der Waals surface area (Å²) in [6.45, 7) is 2.96. The maximum atomic E-state index is 12.6. The van der Waals surface area contributed by atoms with E-state index >= 15 is 0 Å². The van der Waals surface area contributed by atoms with E-state index in [2.05, 4.69) is 0 Å². The lowest BCUT2D eigenvalue weighted by Crippen LogP contribution is -2.28. The van der Waals surface area contributed by atoms with Crippen molar-refractivity contribution in [2.75, 3.05) is 27.3 Å². The minimum Gasteiger partial charge on any atom is -0.493 e.